The number of fused-ring (bicyclic) bond motifs is 8. The number of nitrogens with zero attached hydrogens (tertiary/aromatic N) is 8. The van der Waals surface area contributed by atoms with Gasteiger partial charge in [-0.2, -0.15) is 0 Å². The molecule has 0 aliphatic carbocycles. The maximum Gasteiger partial charge on any atom is 0.0949 e. The Kier molecular flexibility index (Phi) is 11.4. The van der Waals surface area contributed by atoms with Gasteiger partial charge in [0.2, 0.25) is 0 Å². The summed E-state index contributed by atoms with van der Waals surface area (Å²) in [5.41, 5.74) is 25.3. The van der Waals surface area contributed by atoms with E-state index in [0.29, 0.717) is 0 Å². The number of anilines is 6. The highest BCUT2D eigenvalue weighted by molar-refractivity contribution is 6.12. The van der Waals surface area contributed by atoms with Gasteiger partial charge in [-0.25, -0.2) is 0 Å². The highest BCUT2D eigenvalue weighted by Crippen LogP contribution is 2.46. The summed E-state index contributed by atoms with van der Waals surface area (Å²) in [6.07, 6.45) is 0. The van der Waals surface area contributed by atoms with Gasteiger partial charge >= 0.3 is 0 Å². The molecule has 0 saturated carbocycles. The summed E-state index contributed by atoms with van der Waals surface area (Å²) in [5.74, 6) is 0. The Hall–Kier alpha value is -11.7. The monoisotopic (exact) mass is 1100 g/mol. The second-order valence-electron chi connectivity index (χ2n) is 21.8. The van der Waals surface area contributed by atoms with Gasteiger partial charge in [0.15, 0.2) is 0 Å². The van der Waals surface area contributed by atoms with Gasteiger partial charge in [0.1, 0.15) is 0 Å². The molecule has 8 heteroatoms. The van der Waals surface area contributed by atoms with E-state index in [4.69, 9.17) is 0 Å². The maximum atomic E-state index is 2.55. The molecular formula is C78H54N8. The predicted octanol–water partition coefficient (Wildman–Crippen LogP) is 20.3. The van der Waals surface area contributed by atoms with Crippen molar-refractivity contribution in [3.63, 3.8) is 0 Å². The molecule has 0 unspecified atom stereocenters. The minimum Gasteiger partial charge on any atom is -0.310 e. The van der Waals surface area contributed by atoms with Crippen LogP contribution in [0.25, 0.3) is 100.0 Å². The third-order valence-electron chi connectivity index (χ3n) is 16.9. The number of hydrogen-bond acceptors (Lipinski definition) is 2. The SMILES string of the molecule is c1ccc(N(c2ccccc2)c2cc3c4c(c2)n(-c2ccccc2)c2cc5c(cc2n4c2ccccc2n3-c2ccccc2)n2c3ccccc3n(-c3ccccc3)c3cc(N(c4ccccc4)c4ccccc4)cc(c32)n5-c2ccccc2)cc1. The normalized spacial score (nSPS) is 11.7. The molecule has 4 aromatic heterocycles. The Labute approximate surface area is 495 Å². The predicted molar refractivity (Wildman–Crippen MR) is 358 cm³/mol. The summed E-state index contributed by atoms with van der Waals surface area (Å²) in [7, 11) is 0. The van der Waals surface area contributed by atoms with Crippen molar-refractivity contribution in [2.24, 2.45) is 0 Å². The smallest absolute Gasteiger partial charge is 0.0949 e. The zero-order valence-corrected chi connectivity index (χ0v) is 46.8. The number of para-hydroxylation sites is 12. The van der Waals surface area contributed by atoms with E-state index in [2.05, 4.69) is 364 Å². The fourth-order valence-electron chi connectivity index (χ4n) is 13.4. The average molecular weight is 1100 g/mol. The average Bonchev–Trinajstić information content (AvgIpc) is 0.707. The summed E-state index contributed by atoms with van der Waals surface area (Å²) in [6, 6.07) is 119. The maximum absolute atomic E-state index is 2.55. The summed E-state index contributed by atoms with van der Waals surface area (Å²) in [6.45, 7) is 0. The van der Waals surface area contributed by atoms with Crippen LogP contribution in [0.2, 0.25) is 0 Å². The highest BCUT2D eigenvalue weighted by Gasteiger charge is 2.27. The van der Waals surface area contributed by atoms with Gasteiger partial charge in [-0.05, 0) is 158 Å². The van der Waals surface area contributed by atoms with E-state index in [-0.39, 0.29) is 0 Å². The number of benzene rings is 13. The third-order valence-corrected chi connectivity index (χ3v) is 16.9. The molecule has 8 nitrogen and oxygen atoms in total. The zero-order chi connectivity index (χ0) is 56.7. The van der Waals surface area contributed by atoms with Crippen molar-refractivity contribution < 1.29 is 0 Å². The number of aromatic nitrogens is 6. The molecular weight excluding hydrogens is 1050 g/mol. The fourth-order valence-corrected chi connectivity index (χ4v) is 13.4. The van der Waals surface area contributed by atoms with Gasteiger partial charge < -0.3 is 36.9 Å². The Balaban J connectivity index is 1.13. The molecule has 0 amide bonds. The Bertz CT molecular complexity index is 5010. The van der Waals surface area contributed by atoms with Crippen LogP contribution in [0.3, 0.4) is 0 Å². The van der Waals surface area contributed by atoms with E-state index < -0.39 is 0 Å². The number of rotatable bonds is 10. The largest absolute Gasteiger partial charge is 0.310 e. The second kappa shape index (κ2) is 20.0. The molecule has 86 heavy (non-hydrogen) atoms. The summed E-state index contributed by atoms with van der Waals surface area (Å²) >= 11 is 0. The van der Waals surface area contributed by atoms with Gasteiger partial charge in [-0.3, -0.25) is 0 Å². The molecule has 0 spiro atoms. The van der Waals surface area contributed by atoms with Crippen molar-refractivity contribution in [2.75, 3.05) is 9.80 Å². The van der Waals surface area contributed by atoms with Crippen LogP contribution in [-0.2, 0) is 0 Å². The lowest BCUT2D eigenvalue weighted by Crippen LogP contribution is -2.16. The first-order valence-electron chi connectivity index (χ1n) is 29.3. The first kappa shape index (κ1) is 48.9. The van der Waals surface area contributed by atoms with Crippen LogP contribution in [0.1, 0.15) is 0 Å². The molecule has 0 radical (unpaired) electrons. The van der Waals surface area contributed by atoms with Crippen molar-refractivity contribution in [1.82, 2.24) is 27.1 Å². The Morgan fingerprint density at radius 2 is 0.384 bits per heavy atom. The first-order chi connectivity index (χ1) is 42.7. The topological polar surface area (TPSA) is 35.0 Å². The molecule has 0 saturated heterocycles. The quantitative estimate of drug-likeness (QED) is 0.101. The molecule has 0 fully saturated rings. The van der Waals surface area contributed by atoms with Crippen LogP contribution >= 0.6 is 0 Å². The van der Waals surface area contributed by atoms with Gasteiger partial charge in [-0.1, -0.05) is 170 Å². The van der Waals surface area contributed by atoms with Gasteiger partial charge in [-0.15, -0.1) is 0 Å². The van der Waals surface area contributed by atoms with Crippen molar-refractivity contribution in [2.45, 2.75) is 0 Å². The standard InChI is InChI=1S/C78H54N8/c1-9-29-55(30-10-1)79(56-31-11-2-12-32-56)63-49-73-77-75(51-63)83(61-41-21-7-22-42-61)69-53-70-72(54-71(69)85(77)67-47-27-25-45-65(67)81(73)59-37-17-5-18-38-59)86-68-48-28-26-46-66(68)82(60-39-19-6-20-40-60)74-50-64(52-76(78(74)86)84(70)62-43-23-8-24-44-62)80(57-33-13-3-14-34-57)58-35-15-4-16-36-58/h1-54H. The van der Waals surface area contributed by atoms with E-state index in [1.54, 1.807) is 0 Å². The molecule has 13 aromatic carbocycles. The first-order valence-corrected chi connectivity index (χ1v) is 29.3. The third kappa shape index (κ3) is 7.70. The lowest BCUT2D eigenvalue weighted by molar-refractivity contribution is 1.08. The molecule has 4 heterocycles. The van der Waals surface area contributed by atoms with Gasteiger partial charge in [0, 0.05) is 45.5 Å². The van der Waals surface area contributed by atoms with Crippen LogP contribution in [-0.4, -0.2) is 27.1 Å². The second-order valence-corrected chi connectivity index (χ2v) is 21.8. The Morgan fingerprint density at radius 3 is 0.663 bits per heavy atom. The minimum absolute atomic E-state index is 1.02. The molecule has 0 bridgehead atoms. The van der Waals surface area contributed by atoms with E-state index in [1.807, 2.05) is 0 Å². The molecule has 0 N–H and O–H groups in total. The van der Waals surface area contributed by atoms with E-state index in [1.165, 1.54) is 0 Å². The Morgan fingerprint density at radius 1 is 0.163 bits per heavy atom. The number of hydrogen-bond donors (Lipinski definition) is 0. The van der Waals surface area contributed by atoms with Crippen LogP contribution in [0, 0.1) is 0 Å². The van der Waals surface area contributed by atoms with Crippen LogP contribution in [0.5, 0.6) is 0 Å². The lowest BCUT2D eigenvalue weighted by Gasteiger charge is -2.30. The summed E-state index contributed by atoms with van der Waals surface area (Å²) in [5, 5.41) is 0. The minimum atomic E-state index is 1.02. The molecule has 0 aliphatic heterocycles. The highest BCUT2D eigenvalue weighted by atomic mass is 15.2. The van der Waals surface area contributed by atoms with Crippen LogP contribution < -0.4 is 9.80 Å². The lowest BCUT2D eigenvalue weighted by atomic mass is 10.1. The molecule has 406 valence electrons. The van der Waals surface area contributed by atoms with E-state index in [9.17, 15) is 0 Å². The van der Waals surface area contributed by atoms with Crippen molar-refractivity contribution >= 4 is 111 Å². The van der Waals surface area contributed by atoms with Gasteiger partial charge in [0.25, 0.3) is 0 Å². The van der Waals surface area contributed by atoms with Crippen molar-refractivity contribution in [1.29, 1.82) is 0 Å². The molecule has 0 aliphatic rings. The van der Waals surface area contributed by atoms with E-state index >= 15 is 0 Å². The molecule has 17 aromatic rings. The van der Waals surface area contributed by atoms with Crippen molar-refractivity contribution in [3.8, 4) is 22.7 Å². The zero-order valence-electron chi connectivity index (χ0n) is 46.8. The fraction of sp³-hybridized carbons (Fsp3) is 0. The van der Waals surface area contributed by atoms with Crippen LogP contribution in [0.15, 0.2) is 328 Å². The van der Waals surface area contributed by atoms with Crippen LogP contribution in [0.4, 0.5) is 34.1 Å². The summed E-state index contributed by atoms with van der Waals surface area (Å²) in [4.78, 5) is 4.78. The van der Waals surface area contributed by atoms with E-state index in [0.717, 1.165) is 134 Å². The molecule has 0 atom stereocenters. The van der Waals surface area contributed by atoms with Gasteiger partial charge in [0.05, 0.1) is 88.6 Å². The summed E-state index contributed by atoms with van der Waals surface area (Å²) < 4.78 is 15.0. The van der Waals surface area contributed by atoms with Crippen molar-refractivity contribution in [3.05, 3.63) is 328 Å². The molecule has 17 rings (SSSR count).